The van der Waals surface area contributed by atoms with Gasteiger partial charge in [-0.1, -0.05) is 32.6 Å². The molecule has 0 amide bonds. The Balaban J connectivity index is 1.92. The first kappa shape index (κ1) is 14.7. The third-order valence-electron chi connectivity index (χ3n) is 5.06. The molecule has 0 radical (unpaired) electrons. The number of piperidine rings is 1. The lowest BCUT2D eigenvalue weighted by Gasteiger charge is -2.41. The topological polar surface area (TPSA) is 23.5 Å². The van der Waals surface area contributed by atoms with E-state index in [0.29, 0.717) is 11.3 Å². The third kappa shape index (κ3) is 3.64. The molecule has 18 heavy (non-hydrogen) atoms. The van der Waals surface area contributed by atoms with Crippen LogP contribution >= 0.6 is 12.6 Å². The molecule has 1 saturated heterocycles. The zero-order chi connectivity index (χ0) is 13.0. The number of likely N-dealkylation sites (tertiary alicyclic amines) is 1. The Morgan fingerprint density at radius 3 is 2.44 bits per heavy atom. The number of aliphatic hydroxyl groups excluding tert-OH is 1. The second-order valence-corrected chi connectivity index (χ2v) is 6.96. The van der Waals surface area contributed by atoms with Crippen molar-refractivity contribution >= 4 is 12.6 Å². The first-order chi connectivity index (χ1) is 8.65. The summed E-state index contributed by atoms with van der Waals surface area (Å²) < 4.78 is 0. The van der Waals surface area contributed by atoms with Crippen molar-refractivity contribution in [2.45, 2.75) is 58.0 Å². The zero-order valence-corrected chi connectivity index (χ0v) is 12.7. The minimum Gasteiger partial charge on any atom is -0.392 e. The fourth-order valence-corrected chi connectivity index (χ4v) is 3.99. The second kappa shape index (κ2) is 6.62. The van der Waals surface area contributed by atoms with Gasteiger partial charge >= 0.3 is 0 Å². The number of hydrogen-bond donors (Lipinski definition) is 2. The van der Waals surface area contributed by atoms with E-state index in [-0.39, 0.29) is 6.10 Å². The highest BCUT2D eigenvalue weighted by Crippen LogP contribution is 2.37. The molecule has 1 saturated carbocycles. The molecule has 1 aliphatic heterocycles. The predicted octanol–water partition coefficient (Wildman–Crippen LogP) is 2.96. The summed E-state index contributed by atoms with van der Waals surface area (Å²) in [5.74, 6) is 1.48. The molecule has 1 heterocycles. The Kier molecular flexibility index (Phi) is 5.40. The lowest BCUT2D eigenvalue weighted by atomic mass is 9.81. The fraction of sp³-hybridized carbons (Fsp3) is 1.00. The van der Waals surface area contributed by atoms with Crippen LogP contribution in [0.5, 0.6) is 0 Å². The maximum absolute atomic E-state index is 10.0. The van der Waals surface area contributed by atoms with Crippen molar-refractivity contribution in [1.29, 1.82) is 0 Å². The van der Waals surface area contributed by atoms with Gasteiger partial charge in [-0.2, -0.15) is 12.6 Å². The molecule has 106 valence electrons. The van der Waals surface area contributed by atoms with Crippen LogP contribution in [0.4, 0.5) is 0 Å². The molecule has 0 aromatic heterocycles. The van der Waals surface area contributed by atoms with Crippen LogP contribution in [0.15, 0.2) is 0 Å². The van der Waals surface area contributed by atoms with Gasteiger partial charge in [0, 0.05) is 13.1 Å². The van der Waals surface area contributed by atoms with Gasteiger partial charge in [-0.3, -0.25) is 0 Å². The van der Waals surface area contributed by atoms with E-state index in [0.717, 1.165) is 31.8 Å². The van der Waals surface area contributed by atoms with Gasteiger partial charge in [0.15, 0.2) is 0 Å². The Labute approximate surface area is 118 Å². The minimum absolute atomic E-state index is 0.124. The summed E-state index contributed by atoms with van der Waals surface area (Å²) in [4.78, 5) is 2.49. The quantitative estimate of drug-likeness (QED) is 0.609. The number of aliphatic hydroxyl groups is 1. The van der Waals surface area contributed by atoms with E-state index in [4.69, 9.17) is 0 Å². The molecule has 0 aromatic rings. The summed E-state index contributed by atoms with van der Waals surface area (Å²) in [7, 11) is 0. The maximum atomic E-state index is 10.0. The molecule has 0 bridgehead atoms. The summed E-state index contributed by atoms with van der Waals surface area (Å²) in [6.45, 7) is 5.35. The van der Waals surface area contributed by atoms with Gasteiger partial charge in [0.2, 0.25) is 0 Å². The van der Waals surface area contributed by atoms with Gasteiger partial charge < -0.3 is 10.0 Å². The summed E-state index contributed by atoms with van der Waals surface area (Å²) in [6, 6.07) is 0. The molecule has 3 heteroatoms. The molecule has 2 aliphatic rings. The molecule has 2 rings (SSSR count). The van der Waals surface area contributed by atoms with E-state index in [1.54, 1.807) is 0 Å². The number of rotatable bonds is 3. The van der Waals surface area contributed by atoms with Crippen molar-refractivity contribution in [3.8, 4) is 0 Å². The van der Waals surface area contributed by atoms with E-state index < -0.39 is 0 Å². The van der Waals surface area contributed by atoms with Crippen molar-refractivity contribution in [2.24, 2.45) is 11.3 Å². The van der Waals surface area contributed by atoms with Crippen LogP contribution in [0.25, 0.3) is 0 Å². The molecule has 1 N–H and O–H groups in total. The van der Waals surface area contributed by atoms with Crippen LogP contribution < -0.4 is 0 Å². The summed E-state index contributed by atoms with van der Waals surface area (Å²) in [5, 5.41) is 10.0. The highest BCUT2D eigenvalue weighted by molar-refractivity contribution is 7.80. The number of hydrogen-bond acceptors (Lipinski definition) is 3. The molecule has 2 fully saturated rings. The van der Waals surface area contributed by atoms with Gasteiger partial charge in [-0.05, 0) is 42.9 Å². The number of nitrogens with zero attached hydrogens (tertiary/aromatic N) is 1. The van der Waals surface area contributed by atoms with E-state index >= 15 is 0 Å². The Morgan fingerprint density at radius 1 is 1.22 bits per heavy atom. The third-order valence-corrected chi connectivity index (χ3v) is 5.73. The Morgan fingerprint density at radius 2 is 1.89 bits per heavy atom. The summed E-state index contributed by atoms with van der Waals surface area (Å²) in [6.07, 6.45) is 9.22. The van der Waals surface area contributed by atoms with Gasteiger partial charge in [-0.25, -0.2) is 0 Å². The molecular weight excluding hydrogens is 242 g/mol. The molecule has 1 aliphatic carbocycles. The lowest BCUT2D eigenvalue weighted by molar-refractivity contribution is 0.0105. The van der Waals surface area contributed by atoms with Crippen molar-refractivity contribution in [3.05, 3.63) is 0 Å². The smallest absolute Gasteiger partial charge is 0.0693 e. The average molecular weight is 271 g/mol. The lowest BCUT2D eigenvalue weighted by Crippen LogP contribution is -2.48. The van der Waals surface area contributed by atoms with E-state index in [9.17, 15) is 5.11 Å². The van der Waals surface area contributed by atoms with Gasteiger partial charge in [-0.15, -0.1) is 0 Å². The highest BCUT2D eigenvalue weighted by atomic mass is 32.1. The molecule has 0 spiro atoms. The number of β-amino-alcohol motifs (C(OH)–C–C–N with tert-alkyl or cyclic N) is 1. The van der Waals surface area contributed by atoms with Crippen molar-refractivity contribution in [1.82, 2.24) is 4.90 Å². The van der Waals surface area contributed by atoms with E-state index in [2.05, 4.69) is 24.5 Å². The zero-order valence-electron chi connectivity index (χ0n) is 11.8. The van der Waals surface area contributed by atoms with Gasteiger partial charge in [0.05, 0.1) is 6.10 Å². The first-order valence-corrected chi connectivity index (χ1v) is 8.30. The normalized spacial score (nSPS) is 34.2. The molecule has 2 nitrogen and oxygen atoms in total. The fourth-order valence-electron chi connectivity index (χ4n) is 3.58. The highest BCUT2D eigenvalue weighted by Gasteiger charge is 2.34. The van der Waals surface area contributed by atoms with Crippen molar-refractivity contribution < 1.29 is 5.11 Å². The van der Waals surface area contributed by atoms with Crippen molar-refractivity contribution in [3.63, 3.8) is 0 Å². The van der Waals surface area contributed by atoms with E-state index in [1.165, 1.54) is 38.5 Å². The van der Waals surface area contributed by atoms with Crippen LogP contribution in [-0.4, -0.2) is 41.5 Å². The van der Waals surface area contributed by atoms with Crippen LogP contribution in [-0.2, 0) is 0 Å². The second-order valence-electron chi connectivity index (χ2n) is 6.64. The molecular formula is C15H29NOS. The Hall–Kier alpha value is 0.270. The van der Waals surface area contributed by atoms with Gasteiger partial charge in [0.25, 0.3) is 0 Å². The monoisotopic (exact) mass is 271 g/mol. The molecule has 0 aromatic carbocycles. The van der Waals surface area contributed by atoms with Crippen LogP contribution in [0.2, 0.25) is 0 Å². The summed E-state index contributed by atoms with van der Waals surface area (Å²) in [5.41, 5.74) is 0.417. The SMILES string of the molecule is CC1CCN(CC2(CS)CCCCCC2)CC1O. The van der Waals surface area contributed by atoms with E-state index in [1.807, 2.05) is 0 Å². The Bertz CT molecular complexity index is 251. The molecule has 2 unspecified atom stereocenters. The molecule has 2 atom stereocenters. The first-order valence-electron chi connectivity index (χ1n) is 7.66. The average Bonchev–Trinajstić information content (AvgIpc) is 2.60. The predicted molar refractivity (Wildman–Crippen MR) is 80.2 cm³/mol. The summed E-state index contributed by atoms with van der Waals surface area (Å²) >= 11 is 4.65. The largest absolute Gasteiger partial charge is 0.392 e. The van der Waals surface area contributed by atoms with Crippen LogP contribution in [0.1, 0.15) is 51.9 Å². The van der Waals surface area contributed by atoms with Crippen LogP contribution in [0, 0.1) is 11.3 Å². The minimum atomic E-state index is -0.124. The standard InChI is InChI=1S/C15H29NOS/c1-13-6-9-16(10-14(13)17)11-15(12-18)7-4-2-3-5-8-15/h13-14,17-18H,2-12H2,1H3. The van der Waals surface area contributed by atoms with Gasteiger partial charge in [0.1, 0.15) is 0 Å². The van der Waals surface area contributed by atoms with Crippen LogP contribution in [0.3, 0.4) is 0 Å². The van der Waals surface area contributed by atoms with Crippen molar-refractivity contribution in [2.75, 3.05) is 25.4 Å². The maximum Gasteiger partial charge on any atom is 0.0693 e. The number of thiol groups is 1.